The van der Waals surface area contributed by atoms with Gasteiger partial charge in [0.05, 0.1) is 18.0 Å². The van der Waals surface area contributed by atoms with Crippen LogP contribution < -0.4 is 14.9 Å². The van der Waals surface area contributed by atoms with Gasteiger partial charge in [0.1, 0.15) is 0 Å². The van der Waals surface area contributed by atoms with Crippen LogP contribution in [0.15, 0.2) is 24.3 Å². The van der Waals surface area contributed by atoms with Crippen LogP contribution in [0.25, 0.3) is 0 Å². The van der Waals surface area contributed by atoms with E-state index in [2.05, 4.69) is 10.0 Å². The lowest BCUT2D eigenvalue weighted by Gasteiger charge is -2.31. The van der Waals surface area contributed by atoms with Crippen molar-refractivity contribution in [2.75, 3.05) is 43.1 Å². The van der Waals surface area contributed by atoms with Crippen molar-refractivity contribution in [1.82, 2.24) is 4.72 Å². The first-order valence-corrected chi connectivity index (χ1v) is 12.0. The molecule has 1 saturated carbocycles. The summed E-state index contributed by atoms with van der Waals surface area (Å²) in [5.74, 6) is 0.533. The fraction of sp³-hybridized carbons (Fsp3) is 0.714. The van der Waals surface area contributed by atoms with Crippen molar-refractivity contribution >= 4 is 21.4 Å². The molecule has 7 nitrogen and oxygen atoms in total. The quantitative estimate of drug-likeness (QED) is 0.456. The number of nitrogens with one attached hydrogen (secondary N) is 2. The van der Waals surface area contributed by atoms with E-state index in [9.17, 15) is 8.42 Å². The van der Waals surface area contributed by atoms with Crippen LogP contribution in [-0.2, 0) is 10.0 Å². The van der Waals surface area contributed by atoms with Crippen molar-refractivity contribution in [2.45, 2.75) is 57.2 Å². The Kier molecular flexibility index (Phi) is 8.75. The normalized spacial score (nSPS) is 20.4. The Balaban J connectivity index is 1.79. The first-order valence-electron chi connectivity index (χ1n) is 10.5. The molecule has 1 aliphatic rings. The minimum Gasteiger partial charge on any atom is -0.395 e. The third-order valence-electron chi connectivity index (χ3n) is 5.54. The molecule has 0 amide bonds. The van der Waals surface area contributed by atoms with Crippen molar-refractivity contribution in [3.63, 3.8) is 0 Å². The molecule has 1 aromatic rings. The van der Waals surface area contributed by atoms with Crippen LogP contribution in [0.4, 0.5) is 11.4 Å². The van der Waals surface area contributed by atoms with Gasteiger partial charge in [-0.3, -0.25) is 0 Å². The number of hydrogen-bond donors (Lipinski definition) is 4. The van der Waals surface area contributed by atoms with E-state index in [1.54, 1.807) is 20.8 Å². The number of rotatable bonds is 10. The molecule has 1 fully saturated rings. The molecule has 0 saturated heterocycles. The van der Waals surface area contributed by atoms with Crippen molar-refractivity contribution in [3.8, 4) is 0 Å². The summed E-state index contributed by atoms with van der Waals surface area (Å²) in [6.45, 7) is 7.14. The number of aliphatic hydroxyl groups is 2. The largest absolute Gasteiger partial charge is 0.395 e. The van der Waals surface area contributed by atoms with Gasteiger partial charge in [-0.1, -0.05) is 0 Å². The molecule has 0 bridgehead atoms. The molecule has 0 aromatic heterocycles. The summed E-state index contributed by atoms with van der Waals surface area (Å²) in [6, 6.07) is 8.05. The van der Waals surface area contributed by atoms with Crippen molar-refractivity contribution in [3.05, 3.63) is 24.3 Å². The second-order valence-electron chi connectivity index (χ2n) is 8.81. The van der Waals surface area contributed by atoms with E-state index in [4.69, 9.17) is 10.2 Å². The van der Waals surface area contributed by atoms with Crippen LogP contribution in [0.2, 0.25) is 0 Å². The maximum absolute atomic E-state index is 12.3. The molecule has 0 aliphatic heterocycles. The molecule has 4 N–H and O–H groups in total. The molecule has 0 atom stereocenters. The number of hydrogen-bond acceptors (Lipinski definition) is 6. The van der Waals surface area contributed by atoms with E-state index in [0.29, 0.717) is 19.0 Å². The van der Waals surface area contributed by atoms with Crippen molar-refractivity contribution in [2.24, 2.45) is 5.92 Å². The number of sulfonamides is 1. The molecule has 29 heavy (non-hydrogen) atoms. The molecule has 1 aliphatic carbocycles. The summed E-state index contributed by atoms with van der Waals surface area (Å²) in [6.07, 6.45) is 3.75. The molecule has 0 spiro atoms. The van der Waals surface area contributed by atoms with Crippen molar-refractivity contribution in [1.29, 1.82) is 0 Å². The Labute approximate surface area is 175 Å². The first kappa shape index (κ1) is 23.9. The van der Waals surface area contributed by atoms with Gasteiger partial charge >= 0.3 is 0 Å². The standard InChI is InChI=1S/C21H37N3O4S/c1-21(2,3)29(27,28)23-19-6-4-17(5-7-19)16-22-18-8-10-20(11-9-18)24(12-14-25)13-15-26/h8-11,17,19,22-23,25-26H,4-7,12-16H2,1-3H3/t17-,19-. The minimum absolute atomic E-state index is 0.0405. The van der Waals surface area contributed by atoms with Crippen LogP contribution in [-0.4, -0.2) is 62.3 Å². The van der Waals surface area contributed by atoms with E-state index in [1.807, 2.05) is 29.2 Å². The Morgan fingerprint density at radius 1 is 1.00 bits per heavy atom. The zero-order valence-electron chi connectivity index (χ0n) is 17.9. The Morgan fingerprint density at radius 2 is 1.55 bits per heavy atom. The fourth-order valence-electron chi connectivity index (χ4n) is 3.54. The molecule has 8 heteroatoms. The molecule has 1 aromatic carbocycles. The highest BCUT2D eigenvalue weighted by molar-refractivity contribution is 7.90. The van der Waals surface area contributed by atoms with Crippen molar-refractivity contribution < 1.29 is 18.6 Å². The van der Waals surface area contributed by atoms with Crippen LogP contribution in [0.5, 0.6) is 0 Å². The fourth-order valence-corrected chi connectivity index (χ4v) is 4.57. The third-order valence-corrected chi connectivity index (χ3v) is 7.80. The van der Waals surface area contributed by atoms with Crippen LogP contribution in [0, 0.1) is 5.92 Å². The van der Waals surface area contributed by atoms with E-state index < -0.39 is 14.8 Å². The molecule has 2 rings (SSSR count). The van der Waals surface area contributed by atoms with Gasteiger partial charge in [-0.25, -0.2) is 13.1 Å². The van der Waals surface area contributed by atoms with Crippen LogP contribution in [0.1, 0.15) is 46.5 Å². The Hall–Kier alpha value is -1.35. The molecular weight excluding hydrogens is 390 g/mol. The van der Waals surface area contributed by atoms with E-state index in [0.717, 1.165) is 43.6 Å². The average molecular weight is 428 g/mol. The van der Waals surface area contributed by atoms with Gasteiger partial charge in [0.2, 0.25) is 10.0 Å². The van der Waals surface area contributed by atoms with Crippen LogP contribution >= 0.6 is 0 Å². The maximum atomic E-state index is 12.3. The zero-order chi connectivity index (χ0) is 21.5. The summed E-state index contributed by atoms with van der Waals surface area (Å²) in [7, 11) is -3.29. The summed E-state index contributed by atoms with van der Waals surface area (Å²) >= 11 is 0. The van der Waals surface area contributed by atoms with Gasteiger partial charge < -0.3 is 20.4 Å². The van der Waals surface area contributed by atoms with E-state index in [1.165, 1.54) is 0 Å². The lowest BCUT2D eigenvalue weighted by molar-refractivity contribution is 0.281. The first-order chi connectivity index (χ1) is 13.7. The molecule has 166 valence electrons. The zero-order valence-corrected chi connectivity index (χ0v) is 18.7. The highest BCUT2D eigenvalue weighted by Crippen LogP contribution is 2.27. The Morgan fingerprint density at radius 3 is 2.03 bits per heavy atom. The number of aliphatic hydroxyl groups excluding tert-OH is 2. The topological polar surface area (TPSA) is 102 Å². The summed E-state index contributed by atoms with van der Waals surface area (Å²) in [5, 5.41) is 21.8. The van der Waals surface area contributed by atoms with E-state index >= 15 is 0 Å². The molecule has 0 heterocycles. The SMILES string of the molecule is CC(C)(C)S(=O)(=O)N[C@H]1CC[C@H](CNc2ccc(N(CCO)CCO)cc2)CC1. The second kappa shape index (κ2) is 10.6. The molecule has 0 radical (unpaired) electrons. The average Bonchev–Trinajstić information content (AvgIpc) is 2.67. The number of nitrogens with zero attached hydrogens (tertiary/aromatic N) is 1. The molecule has 0 unspecified atom stereocenters. The van der Waals surface area contributed by atoms with Gasteiger partial charge in [-0.15, -0.1) is 0 Å². The van der Waals surface area contributed by atoms with E-state index in [-0.39, 0.29) is 19.3 Å². The summed E-state index contributed by atoms with van der Waals surface area (Å²) in [5.41, 5.74) is 2.02. The Bertz CT molecular complexity index is 702. The lowest BCUT2D eigenvalue weighted by atomic mass is 9.86. The summed E-state index contributed by atoms with van der Waals surface area (Å²) < 4.78 is 26.7. The minimum atomic E-state index is -3.29. The second-order valence-corrected chi connectivity index (χ2v) is 11.3. The van der Waals surface area contributed by atoms with Gasteiger partial charge in [-0.05, 0) is 76.6 Å². The predicted octanol–water partition coefficient (Wildman–Crippen LogP) is 2.17. The van der Waals surface area contributed by atoms with Gasteiger partial charge in [-0.2, -0.15) is 0 Å². The van der Waals surface area contributed by atoms with Gasteiger partial charge in [0.25, 0.3) is 0 Å². The smallest absolute Gasteiger partial charge is 0.216 e. The number of benzene rings is 1. The summed E-state index contributed by atoms with van der Waals surface area (Å²) in [4.78, 5) is 1.95. The maximum Gasteiger partial charge on any atom is 0.216 e. The molecular formula is C21H37N3O4S. The third kappa shape index (κ3) is 7.13. The number of anilines is 2. The lowest BCUT2D eigenvalue weighted by Crippen LogP contribution is -2.46. The predicted molar refractivity (Wildman–Crippen MR) is 119 cm³/mol. The van der Waals surface area contributed by atoms with Gasteiger partial charge in [0, 0.05) is 37.1 Å². The van der Waals surface area contributed by atoms with Gasteiger partial charge in [0.15, 0.2) is 0 Å². The van der Waals surface area contributed by atoms with Crippen LogP contribution in [0.3, 0.4) is 0 Å². The monoisotopic (exact) mass is 427 g/mol. The highest BCUT2D eigenvalue weighted by Gasteiger charge is 2.32. The highest BCUT2D eigenvalue weighted by atomic mass is 32.2.